The Balaban J connectivity index is 1.56. The van der Waals surface area contributed by atoms with Crippen LogP contribution in [0.25, 0.3) is 5.69 Å². The zero-order valence-corrected chi connectivity index (χ0v) is 24.8. The number of carbonyl (C=O) groups is 1. The lowest BCUT2D eigenvalue weighted by Gasteiger charge is -2.24. The minimum atomic E-state index is -4.15. The third-order valence-electron chi connectivity index (χ3n) is 6.89. The van der Waals surface area contributed by atoms with Gasteiger partial charge in [-0.25, -0.2) is 13.8 Å². The van der Waals surface area contributed by atoms with Crippen LogP contribution >= 0.6 is 0 Å². The molecule has 0 saturated carbocycles. The van der Waals surface area contributed by atoms with Crippen molar-refractivity contribution in [2.24, 2.45) is 5.10 Å². The van der Waals surface area contributed by atoms with Crippen molar-refractivity contribution < 1.29 is 22.7 Å². The Kier molecular flexibility index (Phi) is 8.83. The van der Waals surface area contributed by atoms with Crippen molar-refractivity contribution in [3.8, 4) is 17.2 Å². The fraction of sp³-hybridized carbons (Fsp3) is 0.226. The number of aryl methyl sites for hydroxylation is 3. The number of nitrogens with one attached hydrogen (secondary N) is 1. The van der Waals surface area contributed by atoms with Gasteiger partial charge >= 0.3 is 0 Å². The third kappa shape index (κ3) is 6.28. The Hall–Kier alpha value is -4.57. The number of hydrogen-bond donors (Lipinski definition) is 1. The summed E-state index contributed by atoms with van der Waals surface area (Å²) in [6.07, 6.45) is 1.56. The first kappa shape index (κ1) is 29.4. The molecule has 1 aromatic heterocycles. The highest BCUT2D eigenvalue weighted by Crippen LogP contribution is 2.32. The van der Waals surface area contributed by atoms with Gasteiger partial charge in [-0.1, -0.05) is 24.3 Å². The van der Waals surface area contributed by atoms with E-state index in [1.807, 2.05) is 19.9 Å². The number of methoxy groups -OCH3 is 2. The number of nitrogens with zero attached hydrogens (tertiary/aromatic N) is 3. The maximum atomic E-state index is 13.7. The van der Waals surface area contributed by atoms with Crippen LogP contribution in [0.15, 0.2) is 82.8 Å². The number of carbonyl (C=O) groups excluding carboxylic acids is 1. The van der Waals surface area contributed by atoms with Gasteiger partial charge in [0.25, 0.3) is 15.9 Å². The number of hydrogen-bond acceptors (Lipinski definition) is 6. The number of amides is 1. The van der Waals surface area contributed by atoms with Crippen molar-refractivity contribution in [1.82, 2.24) is 9.99 Å². The fourth-order valence-electron chi connectivity index (χ4n) is 4.53. The number of benzene rings is 3. The summed E-state index contributed by atoms with van der Waals surface area (Å²) < 4.78 is 41.1. The van der Waals surface area contributed by atoms with Crippen LogP contribution in [0, 0.1) is 27.7 Å². The Morgan fingerprint density at radius 3 is 2.27 bits per heavy atom. The lowest BCUT2D eigenvalue weighted by atomic mass is 10.1. The summed E-state index contributed by atoms with van der Waals surface area (Å²) in [7, 11) is -1.26. The highest BCUT2D eigenvalue weighted by atomic mass is 32.2. The van der Waals surface area contributed by atoms with E-state index >= 15 is 0 Å². The van der Waals surface area contributed by atoms with E-state index in [9.17, 15) is 13.2 Å². The molecule has 10 heteroatoms. The first-order valence-electron chi connectivity index (χ1n) is 12.9. The Labute approximate surface area is 241 Å². The molecule has 3 aromatic carbocycles. The molecule has 4 rings (SSSR count). The molecule has 0 unspecified atom stereocenters. The number of sulfonamides is 1. The van der Waals surface area contributed by atoms with Crippen LogP contribution in [0.1, 0.15) is 28.1 Å². The Morgan fingerprint density at radius 2 is 1.61 bits per heavy atom. The van der Waals surface area contributed by atoms with Gasteiger partial charge < -0.3 is 14.0 Å². The molecule has 0 atom stereocenters. The average Bonchev–Trinajstić information content (AvgIpc) is 3.25. The van der Waals surface area contributed by atoms with Gasteiger partial charge in [-0.05, 0) is 81.3 Å². The second-order valence-electron chi connectivity index (χ2n) is 9.59. The number of hydrazone groups is 1. The maximum absolute atomic E-state index is 13.7. The van der Waals surface area contributed by atoms with Gasteiger partial charge in [-0.2, -0.15) is 5.10 Å². The minimum Gasteiger partial charge on any atom is -0.493 e. The monoisotopic (exact) mass is 574 g/mol. The van der Waals surface area contributed by atoms with Gasteiger partial charge in [0.2, 0.25) is 0 Å². The summed E-state index contributed by atoms with van der Waals surface area (Å²) in [4.78, 5) is 12.9. The zero-order valence-electron chi connectivity index (χ0n) is 24.0. The van der Waals surface area contributed by atoms with Crippen molar-refractivity contribution in [2.45, 2.75) is 32.6 Å². The normalized spacial score (nSPS) is 11.5. The maximum Gasteiger partial charge on any atom is 0.264 e. The number of anilines is 1. The van der Waals surface area contributed by atoms with Gasteiger partial charge in [-0.15, -0.1) is 0 Å². The highest BCUT2D eigenvalue weighted by molar-refractivity contribution is 7.92. The predicted octanol–water partition coefficient (Wildman–Crippen LogP) is 5.07. The second kappa shape index (κ2) is 12.3. The molecule has 0 fully saturated rings. The largest absolute Gasteiger partial charge is 0.493 e. The number of rotatable bonds is 10. The van der Waals surface area contributed by atoms with Crippen molar-refractivity contribution in [3.63, 3.8) is 0 Å². The molecule has 41 heavy (non-hydrogen) atoms. The first-order valence-corrected chi connectivity index (χ1v) is 14.4. The Bertz CT molecular complexity index is 1700. The summed E-state index contributed by atoms with van der Waals surface area (Å²) in [6, 6.07) is 21.0. The molecular formula is C31H34N4O5S. The van der Waals surface area contributed by atoms with Crippen molar-refractivity contribution in [1.29, 1.82) is 0 Å². The minimum absolute atomic E-state index is 0.0471. The van der Waals surface area contributed by atoms with Crippen LogP contribution in [0.2, 0.25) is 0 Å². The van der Waals surface area contributed by atoms with Crippen LogP contribution in [0.5, 0.6) is 11.5 Å². The molecule has 9 nitrogen and oxygen atoms in total. The smallest absolute Gasteiger partial charge is 0.264 e. The molecule has 0 aliphatic carbocycles. The summed E-state index contributed by atoms with van der Waals surface area (Å²) in [5.41, 5.74) is 9.09. The molecule has 4 aromatic rings. The van der Waals surface area contributed by atoms with E-state index in [0.717, 1.165) is 26.9 Å². The molecule has 214 valence electrons. The summed E-state index contributed by atoms with van der Waals surface area (Å²) in [5.74, 6) is 0.0489. The molecule has 1 N–H and O–H groups in total. The van der Waals surface area contributed by atoms with Gasteiger partial charge in [0.05, 0.1) is 31.0 Å². The summed E-state index contributed by atoms with van der Waals surface area (Å²) in [5, 5.41) is 4.14. The second-order valence-corrected chi connectivity index (χ2v) is 11.4. The molecule has 0 bridgehead atoms. The van der Waals surface area contributed by atoms with Gasteiger partial charge in [0, 0.05) is 28.7 Å². The van der Waals surface area contributed by atoms with Crippen LogP contribution in [-0.4, -0.2) is 45.9 Å². The van der Waals surface area contributed by atoms with Crippen LogP contribution in [0.4, 0.5) is 5.69 Å². The van der Waals surface area contributed by atoms with Crippen molar-refractivity contribution in [2.75, 3.05) is 25.1 Å². The quantitative estimate of drug-likeness (QED) is 0.210. The van der Waals surface area contributed by atoms with Crippen LogP contribution in [0.3, 0.4) is 0 Å². The van der Waals surface area contributed by atoms with Crippen molar-refractivity contribution in [3.05, 3.63) is 101 Å². The molecule has 1 amide bonds. The van der Waals surface area contributed by atoms with E-state index in [0.29, 0.717) is 11.4 Å². The van der Waals surface area contributed by atoms with E-state index in [1.165, 1.54) is 43.5 Å². The molecule has 1 heterocycles. The lowest BCUT2D eigenvalue weighted by Crippen LogP contribution is -2.39. The number of aromatic nitrogens is 1. The fourth-order valence-corrected chi connectivity index (χ4v) is 5.97. The van der Waals surface area contributed by atoms with E-state index in [2.05, 4.69) is 47.1 Å². The van der Waals surface area contributed by atoms with Gasteiger partial charge in [0.1, 0.15) is 6.54 Å². The molecule has 0 aliphatic heterocycles. The topological polar surface area (TPSA) is 102 Å². The standard InChI is InChI=1S/C31H34N4O5S/c1-21-12-13-27(16-22(21)2)35-23(3)17-25(24(35)4)19-32-33-31(36)20-34(26-10-8-7-9-11-26)41(37,38)28-14-15-29(39-5)30(18-28)40-6/h7-19H,20H2,1-6H3,(H,33,36)/b32-19-. The van der Waals surface area contributed by atoms with Crippen LogP contribution < -0.4 is 19.2 Å². The number of ether oxygens (including phenoxy) is 2. The van der Waals surface area contributed by atoms with E-state index < -0.39 is 22.5 Å². The number of para-hydroxylation sites is 1. The first-order chi connectivity index (χ1) is 19.6. The predicted molar refractivity (Wildman–Crippen MR) is 161 cm³/mol. The SMILES string of the molecule is COc1ccc(S(=O)(=O)N(CC(=O)N/N=C\c2cc(C)n(-c3ccc(C)c(C)c3)c2C)c2ccccc2)cc1OC. The molecule has 0 radical (unpaired) electrons. The van der Waals surface area contributed by atoms with Crippen LogP contribution in [-0.2, 0) is 14.8 Å². The summed E-state index contributed by atoms with van der Waals surface area (Å²) in [6.45, 7) is 7.66. The summed E-state index contributed by atoms with van der Waals surface area (Å²) >= 11 is 0. The molecule has 0 aliphatic rings. The van der Waals surface area contributed by atoms with E-state index in [1.54, 1.807) is 36.5 Å². The van der Waals surface area contributed by atoms with Crippen molar-refractivity contribution >= 4 is 27.8 Å². The molecule has 0 saturated heterocycles. The van der Waals surface area contributed by atoms with E-state index in [-0.39, 0.29) is 10.6 Å². The molecule has 0 spiro atoms. The van der Waals surface area contributed by atoms with Gasteiger partial charge in [0.15, 0.2) is 11.5 Å². The highest BCUT2D eigenvalue weighted by Gasteiger charge is 2.28. The third-order valence-corrected chi connectivity index (χ3v) is 8.66. The lowest BCUT2D eigenvalue weighted by molar-refractivity contribution is -0.119. The molecular weight excluding hydrogens is 540 g/mol. The average molecular weight is 575 g/mol. The van der Waals surface area contributed by atoms with Gasteiger partial charge in [-0.3, -0.25) is 9.10 Å². The zero-order chi connectivity index (χ0) is 29.7. The van der Waals surface area contributed by atoms with E-state index in [4.69, 9.17) is 9.47 Å². The Morgan fingerprint density at radius 1 is 0.902 bits per heavy atom.